The Morgan fingerprint density at radius 1 is 0.931 bits per heavy atom. The minimum atomic E-state index is -2.09. The zero-order chi connectivity index (χ0) is 20.5. The van der Waals surface area contributed by atoms with E-state index in [4.69, 9.17) is 4.74 Å². The molecule has 1 N–H and O–H groups in total. The smallest absolute Gasteiger partial charge is 0.224 e. The molecule has 0 unspecified atom stereocenters. The number of hydrogen-bond acceptors (Lipinski definition) is 4. The van der Waals surface area contributed by atoms with Gasteiger partial charge in [-0.1, -0.05) is 48.5 Å². The van der Waals surface area contributed by atoms with Gasteiger partial charge in [0, 0.05) is 17.5 Å². The molecular weight excluding hydrogens is 386 g/mol. The van der Waals surface area contributed by atoms with Crippen molar-refractivity contribution in [2.24, 2.45) is 0 Å². The zero-order valence-corrected chi connectivity index (χ0v) is 16.8. The number of anilines is 1. The van der Waals surface area contributed by atoms with E-state index in [0.29, 0.717) is 25.9 Å². The number of amides is 1. The molecule has 0 aromatic heterocycles. The quantitative estimate of drug-likeness (QED) is 0.505. The maximum absolute atomic E-state index is 11.2. The highest BCUT2D eigenvalue weighted by molar-refractivity contribution is 7.71. The largest absolute Gasteiger partial charge is 0.494 e. The molecule has 0 saturated heterocycles. The van der Waals surface area contributed by atoms with Crippen molar-refractivity contribution in [3.8, 4) is 5.75 Å². The second-order valence-corrected chi connectivity index (χ2v) is 7.49. The molecule has 1 aliphatic rings. The molecular formula is C23H23NO4S. The number of unbranched alkanes of at least 4 members (excludes halogenated alkanes) is 1. The summed E-state index contributed by atoms with van der Waals surface area (Å²) in [5.41, 5.74) is 1.92. The fraction of sp³-hybridized carbons (Fsp3) is 0.217. The van der Waals surface area contributed by atoms with E-state index in [-0.39, 0.29) is 5.91 Å². The summed E-state index contributed by atoms with van der Waals surface area (Å²) in [6, 6.07) is 22.3. The Bertz CT molecular complexity index is 1050. The van der Waals surface area contributed by atoms with Crippen LogP contribution in [0.3, 0.4) is 0 Å². The number of ether oxygens (including phenoxy) is 1. The minimum absolute atomic E-state index is 0.0438. The van der Waals surface area contributed by atoms with Crippen LogP contribution in [0.4, 0.5) is 5.69 Å². The molecule has 0 fully saturated rings. The number of carbonyl (C=O) groups excluding carboxylic acids is 1. The Kier molecular flexibility index (Phi) is 7.41. The summed E-state index contributed by atoms with van der Waals surface area (Å²) in [6.07, 6.45) is 2.36. The van der Waals surface area contributed by atoms with Crippen molar-refractivity contribution in [2.45, 2.75) is 25.7 Å². The third-order valence-corrected chi connectivity index (χ3v) is 5.01. The molecule has 29 heavy (non-hydrogen) atoms. The molecule has 0 radical (unpaired) electrons. The van der Waals surface area contributed by atoms with Gasteiger partial charge >= 0.3 is 0 Å². The van der Waals surface area contributed by atoms with Gasteiger partial charge in [-0.25, -0.2) is 0 Å². The normalized spacial score (nSPS) is 12.2. The zero-order valence-electron chi connectivity index (χ0n) is 16.0. The highest BCUT2D eigenvalue weighted by atomic mass is 32.2. The second-order valence-electron chi connectivity index (χ2n) is 6.63. The van der Waals surface area contributed by atoms with Crippen LogP contribution in [0.5, 0.6) is 5.75 Å². The Morgan fingerprint density at radius 3 is 2.21 bits per heavy atom. The summed E-state index contributed by atoms with van der Waals surface area (Å²) in [6.45, 7) is 0.471. The van der Waals surface area contributed by atoms with E-state index in [9.17, 15) is 13.2 Å². The van der Waals surface area contributed by atoms with Crippen molar-refractivity contribution in [1.29, 1.82) is 0 Å². The lowest BCUT2D eigenvalue weighted by atomic mass is 10.0. The molecule has 6 heteroatoms. The molecule has 3 aromatic rings. The summed E-state index contributed by atoms with van der Waals surface area (Å²) >= 11 is 0. The Hall–Kier alpha value is -3.12. The SMILES string of the molecule is O=C1CCc2cc(OCCCC=S(=O)=O)ccc2N1.c1ccc2ccccc2c1. The molecule has 4 rings (SSSR count). The lowest BCUT2D eigenvalue weighted by molar-refractivity contribution is -0.116. The molecule has 3 aromatic carbocycles. The third kappa shape index (κ3) is 6.47. The Labute approximate surface area is 171 Å². The highest BCUT2D eigenvalue weighted by Crippen LogP contribution is 2.26. The van der Waals surface area contributed by atoms with Crippen molar-refractivity contribution >= 4 is 38.0 Å². The number of fused-ring (bicyclic) bond motifs is 2. The van der Waals surface area contributed by atoms with Crippen LogP contribution in [0.25, 0.3) is 10.8 Å². The summed E-state index contributed by atoms with van der Waals surface area (Å²) in [5.74, 6) is 0.792. The van der Waals surface area contributed by atoms with Gasteiger partial charge in [0.05, 0.1) is 6.61 Å². The van der Waals surface area contributed by atoms with Gasteiger partial charge in [-0.2, -0.15) is 8.42 Å². The predicted molar refractivity (Wildman–Crippen MR) is 117 cm³/mol. The lowest BCUT2D eigenvalue weighted by Crippen LogP contribution is -2.18. The fourth-order valence-corrected chi connectivity index (χ4v) is 3.39. The molecule has 150 valence electrons. The average Bonchev–Trinajstić information content (AvgIpc) is 2.74. The topological polar surface area (TPSA) is 72.5 Å². The summed E-state index contributed by atoms with van der Waals surface area (Å²) in [5, 5.41) is 6.66. The molecule has 1 aliphatic heterocycles. The molecule has 0 aliphatic carbocycles. The monoisotopic (exact) mass is 409 g/mol. The summed E-state index contributed by atoms with van der Waals surface area (Å²) < 4.78 is 26.1. The van der Waals surface area contributed by atoms with E-state index in [1.807, 2.05) is 12.1 Å². The molecule has 0 bridgehead atoms. The molecule has 0 atom stereocenters. The predicted octanol–water partition coefficient (Wildman–Crippen LogP) is 4.25. The van der Waals surface area contributed by atoms with E-state index in [0.717, 1.165) is 23.4 Å². The molecule has 0 saturated carbocycles. The third-order valence-electron chi connectivity index (χ3n) is 4.50. The van der Waals surface area contributed by atoms with Crippen LogP contribution in [0.1, 0.15) is 24.8 Å². The second kappa shape index (κ2) is 10.4. The Morgan fingerprint density at radius 2 is 1.59 bits per heavy atom. The van der Waals surface area contributed by atoms with Gasteiger partial charge < -0.3 is 10.1 Å². The fourth-order valence-electron chi connectivity index (χ4n) is 3.04. The van der Waals surface area contributed by atoms with E-state index in [2.05, 4.69) is 53.8 Å². The van der Waals surface area contributed by atoms with Crippen LogP contribution >= 0.6 is 0 Å². The van der Waals surface area contributed by atoms with Gasteiger partial charge in [-0.3, -0.25) is 4.79 Å². The highest BCUT2D eigenvalue weighted by Gasteiger charge is 2.14. The van der Waals surface area contributed by atoms with Crippen molar-refractivity contribution < 1.29 is 17.9 Å². The first-order chi connectivity index (χ1) is 14.1. The maximum Gasteiger partial charge on any atom is 0.224 e. The van der Waals surface area contributed by atoms with Crippen LogP contribution < -0.4 is 10.1 Å². The van der Waals surface area contributed by atoms with E-state index in [1.165, 1.54) is 16.1 Å². The number of rotatable bonds is 5. The summed E-state index contributed by atoms with van der Waals surface area (Å²) in [7, 11) is -2.09. The number of aryl methyl sites for hydroxylation is 1. The molecule has 1 amide bonds. The van der Waals surface area contributed by atoms with Gasteiger partial charge in [0.15, 0.2) is 0 Å². The first-order valence-corrected chi connectivity index (χ1v) is 10.7. The van der Waals surface area contributed by atoms with Crippen molar-refractivity contribution in [2.75, 3.05) is 11.9 Å². The first-order valence-electron chi connectivity index (χ1n) is 9.52. The molecule has 0 spiro atoms. The lowest BCUT2D eigenvalue weighted by Gasteiger charge is -2.17. The molecule has 5 nitrogen and oxygen atoms in total. The van der Waals surface area contributed by atoms with Crippen LogP contribution in [0.2, 0.25) is 0 Å². The first kappa shape index (κ1) is 20.6. The van der Waals surface area contributed by atoms with Crippen LogP contribution in [0, 0.1) is 0 Å². The van der Waals surface area contributed by atoms with Gasteiger partial charge in [-0.15, -0.1) is 0 Å². The van der Waals surface area contributed by atoms with Gasteiger partial charge in [0.2, 0.25) is 16.2 Å². The van der Waals surface area contributed by atoms with E-state index < -0.39 is 10.3 Å². The van der Waals surface area contributed by atoms with Crippen LogP contribution in [-0.4, -0.2) is 26.3 Å². The number of carbonyl (C=O) groups is 1. The Balaban J connectivity index is 0.000000200. The minimum Gasteiger partial charge on any atom is -0.494 e. The average molecular weight is 410 g/mol. The van der Waals surface area contributed by atoms with Gasteiger partial charge in [0.25, 0.3) is 0 Å². The van der Waals surface area contributed by atoms with E-state index >= 15 is 0 Å². The van der Waals surface area contributed by atoms with Crippen molar-refractivity contribution in [3.05, 3.63) is 72.3 Å². The molecule has 1 heterocycles. The van der Waals surface area contributed by atoms with E-state index in [1.54, 1.807) is 6.07 Å². The standard InChI is InChI=1S/C13H15NO4S.C10H8/c15-13-6-3-10-9-11(4-5-12(10)14-13)18-7-1-2-8-19(16)17;1-2-6-10-8-4-3-7-9(10)5-1/h4-5,8-9H,1-3,6-7H2,(H,14,15);1-8H. The number of benzene rings is 3. The van der Waals surface area contributed by atoms with Crippen LogP contribution in [0.15, 0.2) is 66.7 Å². The number of nitrogens with one attached hydrogen (secondary N) is 1. The van der Waals surface area contributed by atoms with Crippen molar-refractivity contribution in [3.63, 3.8) is 0 Å². The van der Waals surface area contributed by atoms with Crippen molar-refractivity contribution in [1.82, 2.24) is 0 Å². The summed E-state index contributed by atoms with van der Waals surface area (Å²) in [4.78, 5) is 11.2. The van der Waals surface area contributed by atoms with Crippen LogP contribution in [-0.2, 0) is 21.5 Å². The number of hydrogen-bond donors (Lipinski definition) is 1. The van der Waals surface area contributed by atoms with Gasteiger partial charge in [-0.05, 0) is 53.8 Å². The van der Waals surface area contributed by atoms with Gasteiger partial charge in [0.1, 0.15) is 5.75 Å². The maximum atomic E-state index is 11.2.